The largest absolute Gasteiger partial charge is 0.462 e. The van der Waals surface area contributed by atoms with Crippen LogP contribution in [0, 0.1) is 0 Å². The maximum atomic E-state index is 12.1. The molecular formula is C21H19N3O3. The summed E-state index contributed by atoms with van der Waals surface area (Å²) in [5.74, 6) is -0.0883. The van der Waals surface area contributed by atoms with Gasteiger partial charge in [0.05, 0.1) is 24.1 Å². The smallest absolute Gasteiger partial charge is 0.338 e. The minimum Gasteiger partial charge on any atom is -0.462 e. The fourth-order valence-corrected chi connectivity index (χ4v) is 2.39. The van der Waals surface area contributed by atoms with Crippen LogP contribution in [0.3, 0.4) is 0 Å². The highest BCUT2D eigenvalue weighted by molar-refractivity contribution is 6.03. The Morgan fingerprint density at radius 2 is 1.59 bits per heavy atom. The summed E-state index contributed by atoms with van der Waals surface area (Å²) in [4.78, 5) is 28.0. The van der Waals surface area contributed by atoms with Crippen LogP contribution in [0.25, 0.3) is 0 Å². The Hall–Kier alpha value is -3.67. The zero-order chi connectivity index (χ0) is 19.1. The molecule has 0 spiro atoms. The average molecular weight is 361 g/mol. The maximum absolute atomic E-state index is 12.1. The number of benzene rings is 2. The Kier molecular flexibility index (Phi) is 5.79. The molecule has 0 radical (unpaired) electrons. The van der Waals surface area contributed by atoms with Crippen LogP contribution in [-0.2, 0) is 4.74 Å². The van der Waals surface area contributed by atoms with E-state index in [1.165, 1.54) is 0 Å². The van der Waals surface area contributed by atoms with Gasteiger partial charge in [0.2, 0.25) is 0 Å². The normalized spacial score (nSPS) is 10.1. The van der Waals surface area contributed by atoms with Crippen LogP contribution in [-0.4, -0.2) is 23.5 Å². The number of aromatic nitrogens is 1. The molecule has 0 fully saturated rings. The van der Waals surface area contributed by atoms with E-state index < -0.39 is 0 Å². The molecule has 1 heterocycles. The molecule has 6 heteroatoms. The van der Waals surface area contributed by atoms with E-state index in [0.29, 0.717) is 23.6 Å². The van der Waals surface area contributed by atoms with Gasteiger partial charge in [0.1, 0.15) is 5.82 Å². The number of carbonyl (C=O) groups excluding carboxylic acids is 2. The lowest BCUT2D eigenvalue weighted by Crippen LogP contribution is -2.12. The van der Waals surface area contributed by atoms with E-state index in [4.69, 9.17) is 4.74 Å². The van der Waals surface area contributed by atoms with Crippen molar-refractivity contribution in [3.05, 3.63) is 84.1 Å². The van der Waals surface area contributed by atoms with Crippen molar-refractivity contribution < 1.29 is 14.3 Å². The Balaban J connectivity index is 1.60. The van der Waals surface area contributed by atoms with Crippen LogP contribution in [0.4, 0.5) is 17.2 Å². The van der Waals surface area contributed by atoms with Crippen molar-refractivity contribution in [3.8, 4) is 0 Å². The fraction of sp³-hybridized carbons (Fsp3) is 0.0952. The third-order valence-corrected chi connectivity index (χ3v) is 3.73. The number of hydrogen-bond acceptors (Lipinski definition) is 5. The molecule has 136 valence electrons. The van der Waals surface area contributed by atoms with Gasteiger partial charge in [-0.25, -0.2) is 9.78 Å². The fourth-order valence-electron chi connectivity index (χ4n) is 2.39. The molecule has 2 aromatic carbocycles. The molecule has 0 saturated heterocycles. The zero-order valence-electron chi connectivity index (χ0n) is 14.8. The van der Waals surface area contributed by atoms with Crippen LogP contribution in [0.1, 0.15) is 27.6 Å². The molecule has 27 heavy (non-hydrogen) atoms. The van der Waals surface area contributed by atoms with Gasteiger partial charge in [-0.05, 0) is 55.5 Å². The summed E-state index contributed by atoms with van der Waals surface area (Å²) >= 11 is 0. The van der Waals surface area contributed by atoms with Crippen LogP contribution < -0.4 is 10.6 Å². The van der Waals surface area contributed by atoms with Crippen molar-refractivity contribution in [2.45, 2.75) is 6.92 Å². The highest BCUT2D eigenvalue weighted by Crippen LogP contribution is 2.18. The summed E-state index contributed by atoms with van der Waals surface area (Å²) in [7, 11) is 0. The Morgan fingerprint density at radius 1 is 0.889 bits per heavy atom. The van der Waals surface area contributed by atoms with Gasteiger partial charge >= 0.3 is 5.97 Å². The molecule has 0 saturated carbocycles. The SMILES string of the molecule is CCOC(=O)c1ccc(Nc2ccc(NC(=O)c3ccccc3)nc2)cc1. The lowest BCUT2D eigenvalue weighted by molar-refractivity contribution is 0.0526. The van der Waals surface area contributed by atoms with Crippen molar-refractivity contribution in [1.82, 2.24) is 4.98 Å². The molecular weight excluding hydrogens is 342 g/mol. The molecule has 0 aliphatic carbocycles. The molecule has 0 atom stereocenters. The molecule has 2 N–H and O–H groups in total. The number of hydrogen-bond donors (Lipinski definition) is 2. The second-order valence-corrected chi connectivity index (χ2v) is 5.68. The standard InChI is InChI=1S/C21H19N3O3/c1-2-27-21(26)16-8-10-17(11-9-16)23-18-12-13-19(22-14-18)24-20(25)15-6-4-3-5-7-15/h3-14,23H,2H2,1H3,(H,22,24,25). The predicted octanol–water partition coefficient (Wildman–Crippen LogP) is 4.25. The first-order valence-corrected chi connectivity index (χ1v) is 8.52. The topological polar surface area (TPSA) is 80.3 Å². The number of esters is 1. The predicted molar refractivity (Wildman–Crippen MR) is 104 cm³/mol. The molecule has 0 unspecified atom stereocenters. The van der Waals surface area contributed by atoms with E-state index in [1.54, 1.807) is 55.6 Å². The van der Waals surface area contributed by atoms with Gasteiger partial charge in [-0.3, -0.25) is 4.79 Å². The number of anilines is 3. The van der Waals surface area contributed by atoms with E-state index in [1.807, 2.05) is 24.3 Å². The van der Waals surface area contributed by atoms with E-state index >= 15 is 0 Å². The number of amides is 1. The first-order valence-electron chi connectivity index (χ1n) is 8.52. The van der Waals surface area contributed by atoms with E-state index in [2.05, 4.69) is 15.6 Å². The highest BCUT2D eigenvalue weighted by atomic mass is 16.5. The number of ether oxygens (including phenoxy) is 1. The van der Waals surface area contributed by atoms with Crippen LogP contribution >= 0.6 is 0 Å². The van der Waals surface area contributed by atoms with Gasteiger partial charge < -0.3 is 15.4 Å². The summed E-state index contributed by atoms with van der Waals surface area (Å²) in [6.45, 7) is 2.12. The van der Waals surface area contributed by atoms with Gasteiger partial charge in [0, 0.05) is 11.3 Å². The minimum atomic E-state index is -0.343. The second-order valence-electron chi connectivity index (χ2n) is 5.68. The third-order valence-electron chi connectivity index (χ3n) is 3.73. The van der Waals surface area contributed by atoms with Gasteiger partial charge in [0.15, 0.2) is 0 Å². The maximum Gasteiger partial charge on any atom is 0.338 e. The number of nitrogens with one attached hydrogen (secondary N) is 2. The molecule has 3 rings (SSSR count). The van der Waals surface area contributed by atoms with Crippen LogP contribution in [0.5, 0.6) is 0 Å². The first kappa shape index (κ1) is 18.1. The van der Waals surface area contributed by atoms with Crippen LogP contribution in [0.15, 0.2) is 72.9 Å². The third kappa shape index (κ3) is 4.92. The number of pyridine rings is 1. The van der Waals surface area contributed by atoms with Gasteiger partial charge in [0.25, 0.3) is 5.91 Å². The Morgan fingerprint density at radius 3 is 2.22 bits per heavy atom. The van der Waals surface area contributed by atoms with Gasteiger partial charge in [-0.2, -0.15) is 0 Å². The summed E-state index contributed by atoms with van der Waals surface area (Å²) in [6.07, 6.45) is 1.62. The highest BCUT2D eigenvalue weighted by Gasteiger charge is 2.07. The Bertz CT molecular complexity index is 908. The number of rotatable bonds is 6. The van der Waals surface area contributed by atoms with E-state index in [0.717, 1.165) is 11.4 Å². The van der Waals surface area contributed by atoms with Crippen LogP contribution in [0.2, 0.25) is 0 Å². The van der Waals surface area contributed by atoms with Crippen molar-refractivity contribution in [3.63, 3.8) is 0 Å². The summed E-state index contributed by atoms with van der Waals surface area (Å²) in [6, 6.07) is 19.5. The lowest BCUT2D eigenvalue weighted by atomic mass is 10.2. The van der Waals surface area contributed by atoms with Gasteiger partial charge in [-0.15, -0.1) is 0 Å². The zero-order valence-corrected chi connectivity index (χ0v) is 14.8. The molecule has 0 aliphatic heterocycles. The molecule has 3 aromatic rings. The first-order chi connectivity index (χ1) is 13.2. The minimum absolute atomic E-state index is 0.210. The monoisotopic (exact) mass is 361 g/mol. The molecule has 0 bridgehead atoms. The van der Waals surface area contributed by atoms with Gasteiger partial charge in [-0.1, -0.05) is 18.2 Å². The average Bonchev–Trinajstić information content (AvgIpc) is 2.71. The number of carbonyl (C=O) groups is 2. The molecule has 6 nitrogen and oxygen atoms in total. The second kappa shape index (κ2) is 8.62. The Labute approximate surface area is 157 Å². The van der Waals surface area contributed by atoms with Crippen molar-refractivity contribution in [2.75, 3.05) is 17.2 Å². The van der Waals surface area contributed by atoms with Crippen molar-refractivity contribution >= 4 is 29.1 Å². The molecule has 1 aromatic heterocycles. The van der Waals surface area contributed by atoms with E-state index in [9.17, 15) is 9.59 Å². The van der Waals surface area contributed by atoms with Crippen molar-refractivity contribution in [1.29, 1.82) is 0 Å². The lowest BCUT2D eigenvalue weighted by Gasteiger charge is -2.09. The molecule has 1 amide bonds. The summed E-state index contributed by atoms with van der Waals surface area (Å²) in [5, 5.41) is 5.94. The van der Waals surface area contributed by atoms with Crippen molar-refractivity contribution in [2.24, 2.45) is 0 Å². The molecule has 0 aliphatic rings. The quantitative estimate of drug-likeness (QED) is 0.642. The number of nitrogens with zero attached hydrogens (tertiary/aromatic N) is 1. The van der Waals surface area contributed by atoms with E-state index in [-0.39, 0.29) is 11.9 Å². The summed E-state index contributed by atoms with van der Waals surface area (Å²) in [5.41, 5.74) is 2.64. The summed E-state index contributed by atoms with van der Waals surface area (Å²) < 4.78 is 4.96.